The van der Waals surface area contributed by atoms with Gasteiger partial charge in [-0.05, 0) is 0 Å². The van der Waals surface area contributed by atoms with Crippen LogP contribution in [0.5, 0.6) is 0 Å². The number of nitrogens with zero attached hydrogens (tertiary/aromatic N) is 1. The van der Waals surface area contributed by atoms with E-state index in [4.69, 9.17) is 6.42 Å². The van der Waals surface area contributed by atoms with E-state index in [9.17, 15) is 0 Å². The third kappa shape index (κ3) is 0.887. The third-order valence-electron chi connectivity index (χ3n) is 2.44. The Bertz CT molecular complexity index is 314. The number of hydrogen-bond acceptors (Lipinski definition) is 1. The smallest absolute Gasteiger partial charge is 0.0578 e. The van der Waals surface area contributed by atoms with E-state index >= 15 is 0 Å². The highest BCUT2D eigenvalue weighted by atomic mass is 15.1. The molecule has 0 aromatic heterocycles. The van der Waals surface area contributed by atoms with Crippen molar-refractivity contribution < 1.29 is 0 Å². The fourth-order valence-electron chi connectivity index (χ4n) is 1.80. The second-order valence-electron chi connectivity index (χ2n) is 3.18. The number of likely N-dealkylation sites (N-methyl/N-ethyl adjacent to an activating group) is 1. The largest absolute Gasteiger partial charge is 0.372 e. The molecule has 2 rings (SSSR count). The molecule has 0 aromatic carbocycles. The van der Waals surface area contributed by atoms with Gasteiger partial charge in [-0.1, -0.05) is 30.2 Å². The Morgan fingerprint density at radius 2 is 2.17 bits per heavy atom. The molecule has 0 fully saturated rings. The maximum atomic E-state index is 5.40. The summed E-state index contributed by atoms with van der Waals surface area (Å²) in [4.78, 5) is 2.17. The first-order valence-electron chi connectivity index (χ1n) is 4.08. The average Bonchev–Trinajstić information content (AvgIpc) is 2.44. The summed E-state index contributed by atoms with van der Waals surface area (Å²) in [6.07, 6.45) is 15.9. The molecule has 0 N–H and O–H groups in total. The molecule has 1 nitrogen and oxygen atoms in total. The van der Waals surface area contributed by atoms with Crippen LogP contribution in [-0.2, 0) is 0 Å². The molecule has 0 bridgehead atoms. The summed E-state index contributed by atoms with van der Waals surface area (Å²) in [7, 11) is 2.06. The van der Waals surface area contributed by atoms with Gasteiger partial charge >= 0.3 is 0 Å². The van der Waals surface area contributed by atoms with Crippen molar-refractivity contribution in [1.82, 2.24) is 4.90 Å². The number of fused-ring (bicyclic) bond motifs is 1. The first-order valence-corrected chi connectivity index (χ1v) is 4.08. The predicted molar refractivity (Wildman–Crippen MR) is 50.2 cm³/mol. The maximum absolute atomic E-state index is 5.40. The molecular weight excluding hydrogens is 146 g/mol. The van der Waals surface area contributed by atoms with Crippen molar-refractivity contribution in [2.24, 2.45) is 5.92 Å². The van der Waals surface area contributed by atoms with Gasteiger partial charge in [-0.15, -0.1) is 6.42 Å². The van der Waals surface area contributed by atoms with Crippen LogP contribution in [0.3, 0.4) is 0 Å². The molecule has 2 unspecified atom stereocenters. The lowest BCUT2D eigenvalue weighted by molar-refractivity contribution is 0.379. The monoisotopic (exact) mass is 157 g/mol. The molecule has 1 aliphatic carbocycles. The van der Waals surface area contributed by atoms with E-state index in [1.807, 2.05) is 0 Å². The summed E-state index contributed by atoms with van der Waals surface area (Å²) >= 11 is 0. The second-order valence-corrected chi connectivity index (χ2v) is 3.18. The van der Waals surface area contributed by atoms with Crippen LogP contribution in [-0.4, -0.2) is 18.0 Å². The highest BCUT2D eigenvalue weighted by molar-refractivity contribution is 5.40. The predicted octanol–water partition coefficient (Wildman–Crippen LogP) is 1.56. The molecule has 0 radical (unpaired) electrons. The van der Waals surface area contributed by atoms with E-state index in [0.717, 1.165) is 5.57 Å². The quantitative estimate of drug-likeness (QED) is 0.482. The van der Waals surface area contributed by atoms with Crippen LogP contribution in [0.15, 0.2) is 36.1 Å². The van der Waals surface area contributed by atoms with E-state index < -0.39 is 0 Å². The van der Waals surface area contributed by atoms with Crippen molar-refractivity contribution in [2.75, 3.05) is 7.05 Å². The standard InChI is InChI=1S/C11H11N/c1-3-9-8-12(2)11-7-5-4-6-10(9)11/h1,4-8,10-11H,2H3. The van der Waals surface area contributed by atoms with Crippen molar-refractivity contribution in [1.29, 1.82) is 0 Å². The van der Waals surface area contributed by atoms with Crippen molar-refractivity contribution in [3.8, 4) is 12.3 Å². The second kappa shape index (κ2) is 2.57. The number of hydrogen-bond donors (Lipinski definition) is 0. The van der Waals surface area contributed by atoms with E-state index in [-0.39, 0.29) is 0 Å². The van der Waals surface area contributed by atoms with Gasteiger partial charge in [-0.25, -0.2) is 0 Å². The lowest BCUT2D eigenvalue weighted by atomic mass is 9.91. The average molecular weight is 157 g/mol. The van der Waals surface area contributed by atoms with Crippen LogP contribution in [0.4, 0.5) is 0 Å². The normalized spacial score (nSPS) is 31.3. The topological polar surface area (TPSA) is 3.24 Å². The van der Waals surface area contributed by atoms with E-state index in [0.29, 0.717) is 12.0 Å². The molecule has 0 spiro atoms. The number of allylic oxidation sites excluding steroid dienone is 2. The summed E-state index contributed by atoms with van der Waals surface area (Å²) in [5.41, 5.74) is 1.09. The molecular formula is C11H11N. The Morgan fingerprint density at radius 3 is 2.92 bits per heavy atom. The Morgan fingerprint density at radius 1 is 1.42 bits per heavy atom. The summed E-state index contributed by atoms with van der Waals surface area (Å²) in [6, 6.07) is 0.445. The number of terminal acetylenes is 1. The molecule has 60 valence electrons. The van der Waals surface area contributed by atoms with Gasteiger partial charge in [0.2, 0.25) is 0 Å². The highest BCUT2D eigenvalue weighted by Crippen LogP contribution is 2.30. The van der Waals surface area contributed by atoms with E-state index in [1.54, 1.807) is 0 Å². The first kappa shape index (κ1) is 7.24. The minimum atomic E-state index is 0.407. The fourth-order valence-corrected chi connectivity index (χ4v) is 1.80. The lowest BCUT2D eigenvalue weighted by Crippen LogP contribution is -2.27. The van der Waals surface area contributed by atoms with Crippen LogP contribution in [0.1, 0.15) is 0 Å². The van der Waals surface area contributed by atoms with Crippen molar-refractivity contribution in [3.05, 3.63) is 36.1 Å². The molecule has 0 aromatic rings. The summed E-state index contributed by atoms with van der Waals surface area (Å²) < 4.78 is 0. The van der Waals surface area contributed by atoms with Crippen LogP contribution in [0.25, 0.3) is 0 Å². The molecule has 1 heteroatoms. The van der Waals surface area contributed by atoms with Crippen molar-refractivity contribution >= 4 is 0 Å². The fraction of sp³-hybridized carbons (Fsp3) is 0.273. The molecule has 1 heterocycles. The van der Waals surface area contributed by atoms with Gasteiger partial charge in [0.15, 0.2) is 0 Å². The zero-order valence-electron chi connectivity index (χ0n) is 7.07. The minimum Gasteiger partial charge on any atom is -0.372 e. The van der Waals surface area contributed by atoms with E-state index in [1.165, 1.54) is 0 Å². The van der Waals surface area contributed by atoms with Gasteiger partial charge in [0, 0.05) is 24.7 Å². The summed E-state index contributed by atoms with van der Waals surface area (Å²) in [5.74, 6) is 3.14. The summed E-state index contributed by atoms with van der Waals surface area (Å²) in [5, 5.41) is 0. The van der Waals surface area contributed by atoms with Gasteiger partial charge in [0.05, 0.1) is 6.04 Å². The minimum absolute atomic E-state index is 0.407. The van der Waals surface area contributed by atoms with Crippen LogP contribution >= 0.6 is 0 Å². The molecule has 2 atom stereocenters. The molecule has 0 saturated carbocycles. The Labute approximate surface area is 73.1 Å². The molecule has 1 aliphatic heterocycles. The van der Waals surface area contributed by atoms with Gasteiger partial charge in [-0.2, -0.15) is 0 Å². The first-order chi connectivity index (χ1) is 5.83. The van der Waals surface area contributed by atoms with Gasteiger partial charge < -0.3 is 4.90 Å². The highest BCUT2D eigenvalue weighted by Gasteiger charge is 2.29. The molecule has 0 saturated heterocycles. The van der Waals surface area contributed by atoms with Crippen LogP contribution < -0.4 is 0 Å². The Kier molecular flexibility index (Phi) is 1.55. The summed E-state index contributed by atoms with van der Waals surface area (Å²) in [6.45, 7) is 0. The Balaban J connectivity index is 2.34. The SMILES string of the molecule is C#CC1=CN(C)C2C=CC=CC12. The maximum Gasteiger partial charge on any atom is 0.0578 e. The van der Waals surface area contributed by atoms with E-state index in [2.05, 4.69) is 48.4 Å². The van der Waals surface area contributed by atoms with Gasteiger partial charge in [0.1, 0.15) is 0 Å². The van der Waals surface area contributed by atoms with Crippen LogP contribution in [0, 0.1) is 18.3 Å². The van der Waals surface area contributed by atoms with Gasteiger partial charge in [0.25, 0.3) is 0 Å². The zero-order valence-corrected chi connectivity index (χ0v) is 7.07. The molecule has 12 heavy (non-hydrogen) atoms. The third-order valence-corrected chi connectivity index (χ3v) is 2.44. The zero-order chi connectivity index (χ0) is 8.55. The molecule has 0 amide bonds. The Hall–Kier alpha value is -1.42. The van der Waals surface area contributed by atoms with Gasteiger partial charge in [-0.3, -0.25) is 0 Å². The van der Waals surface area contributed by atoms with Crippen molar-refractivity contribution in [2.45, 2.75) is 6.04 Å². The molecule has 2 aliphatic rings. The number of rotatable bonds is 0. The lowest BCUT2D eigenvalue weighted by Gasteiger charge is -2.23. The van der Waals surface area contributed by atoms with Crippen molar-refractivity contribution in [3.63, 3.8) is 0 Å². The van der Waals surface area contributed by atoms with Crippen LogP contribution in [0.2, 0.25) is 0 Å².